The Hall–Kier alpha value is -1.75. The van der Waals surface area contributed by atoms with Crippen LogP contribution in [0.1, 0.15) is 122 Å². The number of aldehydes is 1. The summed E-state index contributed by atoms with van der Waals surface area (Å²) in [5.41, 5.74) is 5.02. The fourth-order valence-electron chi connectivity index (χ4n) is 12.3. The highest BCUT2D eigenvalue weighted by Crippen LogP contribution is 2.76. The van der Waals surface area contributed by atoms with Crippen LogP contribution in [0.3, 0.4) is 0 Å². The van der Waals surface area contributed by atoms with E-state index in [4.69, 9.17) is 9.47 Å². The second-order valence-corrected chi connectivity index (χ2v) is 16.3. The molecule has 0 heterocycles. The van der Waals surface area contributed by atoms with Gasteiger partial charge in [0, 0.05) is 31.9 Å². The molecule has 44 heavy (non-hydrogen) atoms. The van der Waals surface area contributed by atoms with E-state index >= 15 is 0 Å². The number of carbonyl (C=O) groups is 1. The molecule has 4 saturated carbocycles. The Morgan fingerprint density at radius 2 is 1.57 bits per heavy atom. The van der Waals surface area contributed by atoms with Gasteiger partial charge in [0.2, 0.25) is 0 Å². The normalized spacial score (nSPS) is 40.3. The Kier molecular flexibility index (Phi) is 9.51. The molecule has 4 fully saturated rings. The van der Waals surface area contributed by atoms with E-state index in [1.165, 1.54) is 75.3 Å². The van der Waals surface area contributed by atoms with Crippen molar-refractivity contribution in [1.29, 1.82) is 0 Å². The number of rotatable bonds is 7. The molecule has 1 N–H and O–H groups in total. The maximum Gasteiger partial charge on any atom is 0.169 e. The molecular formula is C40H61NO3. The maximum absolute atomic E-state index is 11.3. The van der Waals surface area contributed by atoms with Crippen molar-refractivity contribution in [2.24, 2.45) is 45.3 Å². The van der Waals surface area contributed by atoms with Gasteiger partial charge in [-0.3, -0.25) is 4.79 Å². The van der Waals surface area contributed by atoms with Crippen molar-refractivity contribution in [1.82, 2.24) is 5.32 Å². The Balaban J connectivity index is 0.00000123. The van der Waals surface area contributed by atoms with E-state index < -0.39 is 0 Å². The summed E-state index contributed by atoms with van der Waals surface area (Å²) in [6.45, 7) is 19.2. The molecule has 5 aliphatic carbocycles. The summed E-state index contributed by atoms with van der Waals surface area (Å²) in [4.78, 5) is 11.3. The first-order chi connectivity index (χ1) is 20.9. The molecule has 8 atom stereocenters. The lowest BCUT2D eigenvalue weighted by atomic mass is 9.33. The zero-order valence-corrected chi connectivity index (χ0v) is 29.1. The molecule has 4 heteroatoms. The first kappa shape index (κ1) is 33.6. The Labute approximate surface area is 268 Å². The fraction of sp³-hybridized carbons (Fsp3) is 0.725. The predicted molar refractivity (Wildman–Crippen MR) is 182 cm³/mol. The largest absolute Gasteiger partial charge is 0.355 e. The predicted octanol–water partition coefficient (Wildman–Crippen LogP) is 9.50. The van der Waals surface area contributed by atoms with E-state index in [9.17, 15) is 4.79 Å². The van der Waals surface area contributed by atoms with Crippen LogP contribution in [0, 0.1) is 45.3 Å². The van der Waals surface area contributed by atoms with E-state index in [1.807, 2.05) is 19.1 Å². The third-order valence-corrected chi connectivity index (χ3v) is 14.4. The van der Waals surface area contributed by atoms with Gasteiger partial charge in [0.25, 0.3) is 0 Å². The minimum atomic E-state index is -0.169. The third kappa shape index (κ3) is 5.10. The summed E-state index contributed by atoms with van der Waals surface area (Å²) in [5.74, 6) is 3.00. The van der Waals surface area contributed by atoms with Crippen molar-refractivity contribution in [2.45, 2.75) is 118 Å². The number of carbonyl (C=O) groups excluding carboxylic acids is 1. The maximum atomic E-state index is 11.3. The number of ether oxygens (including phenoxy) is 2. The molecule has 0 amide bonds. The van der Waals surface area contributed by atoms with Crippen LogP contribution in [-0.2, 0) is 9.47 Å². The van der Waals surface area contributed by atoms with E-state index in [-0.39, 0.29) is 17.2 Å². The summed E-state index contributed by atoms with van der Waals surface area (Å²) >= 11 is 0. The first-order valence-electron chi connectivity index (χ1n) is 17.5. The smallest absolute Gasteiger partial charge is 0.169 e. The average Bonchev–Trinajstić information content (AvgIpc) is 3.43. The van der Waals surface area contributed by atoms with Gasteiger partial charge in [0.05, 0.1) is 0 Å². The summed E-state index contributed by atoms with van der Waals surface area (Å²) in [5, 5.41) is 4.05. The monoisotopic (exact) mass is 603 g/mol. The molecule has 1 aromatic carbocycles. The van der Waals surface area contributed by atoms with Crippen LogP contribution in [0.15, 0.2) is 43.0 Å². The highest BCUT2D eigenvalue weighted by molar-refractivity contribution is 5.78. The summed E-state index contributed by atoms with van der Waals surface area (Å²) < 4.78 is 11.1. The molecular weight excluding hydrogens is 542 g/mol. The van der Waals surface area contributed by atoms with Crippen LogP contribution in [0.25, 0.3) is 5.57 Å². The average molecular weight is 604 g/mol. The molecule has 5 aliphatic rings. The lowest BCUT2D eigenvalue weighted by Gasteiger charge is -2.72. The summed E-state index contributed by atoms with van der Waals surface area (Å²) in [6, 6.07) is 8.31. The van der Waals surface area contributed by atoms with Crippen molar-refractivity contribution >= 4 is 11.9 Å². The molecule has 0 aliphatic heterocycles. The molecule has 1 aromatic rings. The zero-order valence-electron chi connectivity index (χ0n) is 29.1. The van der Waals surface area contributed by atoms with Crippen LogP contribution in [0.4, 0.5) is 0 Å². The summed E-state index contributed by atoms with van der Waals surface area (Å²) in [7, 11) is 3.51. The number of hydrogen-bond donors (Lipinski definition) is 1. The van der Waals surface area contributed by atoms with E-state index in [2.05, 4.69) is 64.7 Å². The zero-order chi connectivity index (χ0) is 32.0. The lowest BCUT2D eigenvalue weighted by Crippen LogP contribution is -2.67. The Bertz CT molecular complexity index is 1220. The Morgan fingerprint density at radius 1 is 0.886 bits per heavy atom. The van der Waals surface area contributed by atoms with E-state index in [1.54, 1.807) is 20.3 Å². The second kappa shape index (κ2) is 12.5. The Morgan fingerprint density at radius 3 is 2.20 bits per heavy atom. The van der Waals surface area contributed by atoms with Gasteiger partial charge in [-0.05, 0) is 121 Å². The van der Waals surface area contributed by atoms with Crippen LogP contribution in [0.5, 0.6) is 0 Å². The molecule has 6 rings (SSSR count). The van der Waals surface area contributed by atoms with Gasteiger partial charge in [-0.15, -0.1) is 6.58 Å². The highest BCUT2D eigenvalue weighted by Gasteiger charge is 2.69. The van der Waals surface area contributed by atoms with Gasteiger partial charge in [0.15, 0.2) is 6.29 Å². The molecule has 0 radical (unpaired) electrons. The van der Waals surface area contributed by atoms with Gasteiger partial charge in [-0.25, -0.2) is 0 Å². The minimum absolute atomic E-state index is 0.116. The van der Waals surface area contributed by atoms with Crippen molar-refractivity contribution in [3.8, 4) is 0 Å². The van der Waals surface area contributed by atoms with Crippen molar-refractivity contribution in [3.63, 3.8) is 0 Å². The van der Waals surface area contributed by atoms with Crippen LogP contribution < -0.4 is 5.32 Å². The molecule has 4 nitrogen and oxygen atoms in total. The lowest BCUT2D eigenvalue weighted by molar-refractivity contribution is -0.217. The van der Waals surface area contributed by atoms with Gasteiger partial charge in [-0.1, -0.05) is 77.5 Å². The molecule has 0 spiro atoms. The van der Waals surface area contributed by atoms with E-state index in [0.717, 1.165) is 36.1 Å². The number of allylic oxidation sites excluding steroid dienone is 3. The van der Waals surface area contributed by atoms with Crippen molar-refractivity contribution in [2.75, 3.05) is 20.8 Å². The van der Waals surface area contributed by atoms with Crippen LogP contribution in [0.2, 0.25) is 0 Å². The van der Waals surface area contributed by atoms with Crippen molar-refractivity contribution in [3.05, 3.63) is 54.1 Å². The number of benzene rings is 1. The molecule has 0 saturated heterocycles. The second-order valence-electron chi connectivity index (χ2n) is 16.3. The quantitative estimate of drug-likeness (QED) is 0.192. The molecule has 244 valence electrons. The number of methoxy groups -OCH3 is 2. The standard InChI is InChI=1S/C37H55NO3.C3H6/c1-33(2)27(26-12-10-25(24-39)11-13-26)16-19-34(3)30(33)17-20-36(5)31(34)15-14-28-29-9-8-18-37(29,22-21-35(28,36)4)38-23-32(40-6)41-7;1-3-2/h10-13,16,24,28-32,38H,8-9,14-15,17-23H2,1-7H3;3H,1H2,2H3/t28?,29?,30?,31?,34?,35-,36?,37?;/m1./s1. The van der Waals surface area contributed by atoms with E-state index in [0.29, 0.717) is 22.2 Å². The number of nitrogens with one attached hydrogen (secondary N) is 1. The SMILES string of the molecule is C=CC.COC(CNC12CCCC1C1CCC3C4(C)CC=C(c5ccc(C=O)cc5)C(C)(C)C4CCC3(C)[C@]1(C)CC2)OC. The first-order valence-corrected chi connectivity index (χ1v) is 17.5. The van der Waals surface area contributed by atoms with Crippen LogP contribution in [-0.4, -0.2) is 38.9 Å². The minimum Gasteiger partial charge on any atom is -0.355 e. The van der Waals surface area contributed by atoms with Gasteiger partial charge >= 0.3 is 0 Å². The molecule has 0 bridgehead atoms. The topological polar surface area (TPSA) is 47.6 Å². The number of hydrogen-bond acceptors (Lipinski definition) is 4. The van der Waals surface area contributed by atoms with Crippen molar-refractivity contribution < 1.29 is 14.3 Å². The third-order valence-electron chi connectivity index (χ3n) is 14.4. The molecule has 7 unspecified atom stereocenters. The summed E-state index contributed by atoms with van der Waals surface area (Å²) in [6.07, 6.45) is 18.4. The number of fused-ring (bicyclic) bond motifs is 7. The van der Waals surface area contributed by atoms with Gasteiger partial charge < -0.3 is 14.8 Å². The van der Waals surface area contributed by atoms with Gasteiger partial charge in [0.1, 0.15) is 6.29 Å². The molecule has 0 aromatic heterocycles. The van der Waals surface area contributed by atoms with Crippen LogP contribution >= 0.6 is 0 Å². The fourth-order valence-corrected chi connectivity index (χ4v) is 12.3. The van der Waals surface area contributed by atoms with Gasteiger partial charge in [-0.2, -0.15) is 0 Å². The highest BCUT2D eigenvalue weighted by atomic mass is 16.7.